The standard InChI is InChI=1S/C25H26Cl2N4O4/c1-25(2,3)35-24(33)30-17-7-5-6-15(12-17)8-9-16-13-18(10-11-19(16)22(32)34-4)29-21-20(26)14-28-23(27)31-21/h5-7,10-14H,8-9H2,1-4H3,(H,30,33)(H,28,29,31). The normalized spacial score (nSPS) is 11.0. The lowest BCUT2D eigenvalue weighted by Gasteiger charge is -2.19. The van der Waals surface area contributed by atoms with E-state index in [1.165, 1.54) is 13.3 Å². The van der Waals surface area contributed by atoms with E-state index >= 15 is 0 Å². The van der Waals surface area contributed by atoms with E-state index in [4.69, 9.17) is 32.7 Å². The summed E-state index contributed by atoms with van der Waals surface area (Å²) in [5.41, 5.74) is 2.89. The molecule has 2 aromatic carbocycles. The van der Waals surface area contributed by atoms with Crippen molar-refractivity contribution in [1.82, 2.24) is 9.97 Å². The molecular weight excluding hydrogens is 491 g/mol. The monoisotopic (exact) mass is 516 g/mol. The molecule has 35 heavy (non-hydrogen) atoms. The molecule has 0 fully saturated rings. The number of nitrogens with zero attached hydrogens (tertiary/aromatic N) is 2. The van der Waals surface area contributed by atoms with Gasteiger partial charge in [-0.25, -0.2) is 14.6 Å². The highest BCUT2D eigenvalue weighted by Gasteiger charge is 2.17. The Hall–Kier alpha value is -3.36. The molecule has 3 rings (SSSR count). The summed E-state index contributed by atoms with van der Waals surface area (Å²) >= 11 is 12.0. The maximum Gasteiger partial charge on any atom is 0.412 e. The third-order valence-electron chi connectivity index (χ3n) is 4.74. The number of aromatic nitrogens is 2. The molecule has 184 valence electrons. The summed E-state index contributed by atoms with van der Waals surface area (Å²) in [4.78, 5) is 32.4. The van der Waals surface area contributed by atoms with Gasteiger partial charge in [-0.05, 0) is 86.7 Å². The second-order valence-electron chi connectivity index (χ2n) is 8.65. The first-order chi connectivity index (χ1) is 16.5. The van der Waals surface area contributed by atoms with Crippen LogP contribution in [0.3, 0.4) is 0 Å². The first-order valence-electron chi connectivity index (χ1n) is 10.8. The Bertz CT molecular complexity index is 1230. The fourth-order valence-electron chi connectivity index (χ4n) is 3.26. The van der Waals surface area contributed by atoms with Gasteiger partial charge in [0.05, 0.1) is 18.9 Å². The highest BCUT2D eigenvalue weighted by Crippen LogP contribution is 2.26. The van der Waals surface area contributed by atoms with Crippen LogP contribution >= 0.6 is 23.2 Å². The van der Waals surface area contributed by atoms with E-state index in [1.807, 2.05) is 24.3 Å². The Kier molecular flexibility index (Phi) is 8.53. The van der Waals surface area contributed by atoms with Gasteiger partial charge in [0, 0.05) is 11.4 Å². The SMILES string of the molecule is COC(=O)c1ccc(Nc2nc(Cl)ncc2Cl)cc1CCc1cccc(NC(=O)OC(C)(C)C)c1. The Morgan fingerprint density at radius 3 is 2.51 bits per heavy atom. The van der Waals surface area contributed by atoms with Gasteiger partial charge in [-0.3, -0.25) is 5.32 Å². The summed E-state index contributed by atoms with van der Waals surface area (Å²) in [6, 6.07) is 12.7. The van der Waals surface area contributed by atoms with Crippen LogP contribution in [-0.2, 0) is 22.3 Å². The molecule has 0 saturated heterocycles. The number of carbonyl (C=O) groups excluding carboxylic acids is 2. The van der Waals surface area contributed by atoms with Crippen LogP contribution in [0.5, 0.6) is 0 Å². The largest absolute Gasteiger partial charge is 0.465 e. The zero-order chi connectivity index (χ0) is 25.6. The fourth-order valence-corrected chi connectivity index (χ4v) is 3.53. The number of rotatable bonds is 7. The fraction of sp³-hybridized carbons (Fsp3) is 0.280. The number of ether oxygens (including phenoxy) is 2. The number of hydrogen-bond acceptors (Lipinski definition) is 7. The van der Waals surface area contributed by atoms with E-state index in [2.05, 4.69) is 20.6 Å². The molecule has 0 spiro atoms. The molecule has 1 heterocycles. The Morgan fingerprint density at radius 1 is 1.03 bits per heavy atom. The van der Waals surface area contributed by atoms with Crippen molar-refractivity contribution < 1.29 is 19.1 Å². The van der Waals surface area contributed by atoms with Gasteiger partial charge in [0.1, 0.15) is 10.6 Å². The van der Waals surface area contributed by atoms with Crippen molar-refractivity contribution in [1.29, 1.82) is 0 Å². The first-order valence-corrected chi connectivity index (χ1v) is 11.5. The van der Waals surface area contributed by atoms with E-state index in [0.29, 0.717) is 40.6 Å². The lowest BCUT2D eigenvalue weighted by Crippen LogP contribution is -2.27. The molecule has 0 aliphatic heterocycles. The van der Waals surface area contributed by atoms with Crippen LogP contribution in [0.4, 0.5) is 22.0 Å². The van der Waals surface area contributed by atoms with E-state index in [-0.39, 0.29) is 5.28 Å². The number of benzene rings is 2. The summed E-state index contributed by atoms with van der Waals surface area (Å²) < 4.78 is 10.3. The topological polar surface area (TPSA) is 102 Å². The van der Waals surface area contributed by atoms with Crippen molar-refractivity contribution in [3.8, 4) is 0 Å². The highest BCUT2D eigenvalue weighted by atomic mass is 35.5. The zero-order valence-corrected chi connectivity index (χ0v) is 21.3. The minimum absolute atomic E-state index is 0.0585. The molecule has 1 aromatic heterocycles. The number of halogens is 2. The summed E-state index contributed by atoms with van der Waals surface area (Å²) in [5.74, 6) is -0.0839. The van der Waals surface area contributed by atoms with Crippen LogP contribution < -0.4 is 10.6 Å². The van der Waals surface area contributed by atoms with Gasteiger partial charge in [0.25, 0.3) is 0 Å². The van der Waals surface area contributed by atoms with Crippen molar-refractivity contribution in [2.24, 2.45) is 0 Å². The molecule has 0 aliphatic carbocycles. The van der Waals surface area contributed by atoms with Gasteiger partial charge in [-0.2, -0.15) is 4.98 Å². The highest BCUT2D eigenvalue weighted by molar-refractivity contribution is 6.33. The van der Waals surface area contributed by atoms with Crippen LogP contribution in [0.25, 0.3) is 0 Å². The van der Waals surface area contributed by atoms with Crippen LogP contribution in [0.1, 0.15) is 42.3 Å². The molecule has 3 aromatic rings. The Balaban J connectivity index is 1.78. The molecule has 10 heteroatoms. The number of anilines is 3. The van der Waals surface area contributed by atoms with Gasteiger partial charge in [0.15, 0.2) is 5.82 Å². The van der Waals surface area contributed by atoms with Crippen molar-refractivity contribution in [2.75, 3.05) is 17.7 Å². The van der Waals surface area contributed by atoms with Crippen molar-refractivity contribution in [3.63, 3.8) is 0 Å². The zero-order valence-electron chi connectivity index (χ0n) is 19.8. The second-order valence-corrected chi connectivity index (χ2v) is 9.40. The summed E-state index contributed by atoms with van der Waals surface area (Å²) in [5, 5.41) is 6.21. The van der Waals surface area contributed by atoms with E-state index in [1.54, 1.807) is 39.0 Å². The third kappa shape index (κ3) is 7.83. The molecule has 8 nitrogen and oxygen atoms in total. The molecule has 0 unspecified atom stereocenters. The maximum atomic E-state index is 12.3. The number of aryl methyl sites for hydroxylation is 2. The molecule has 0 atom stereocenters. The smallest absolute Gasteiger partial charge is 0.412 e. The lowest BCUT2D eigenvalue weighted by atomic mass is 9.98. The number of hydrogen-bond donors (Lipinski definition) is 2. The van der Waals surface area contributed by atoms with Crippen LogP contribution in [0.2, 0.25) is 10.3 Å². The predicted octanol–water partition coefficient (Wildman–Crippen LogP) is 6.45. The number of carbonyl (C=O) groups is 2. The number of methoxy groups -OCH3 is 1. The number of esters is 1. The summed E-state index contributed by atoms with van der Waals surface area (Å²) in [7, 11) is 1.34. The molecule has 0 saturated carbocycles. The summed E-state index contributed by atoms with van der Waals surface area (Å²) in [6.07, 6.45) is 2.03. The lowest BCUT2D eigenvalue weighted by molar-refractivity contribution is 0.0597. The molecule has 1 amide bonds. The average Bonchev–Trinajstić information content (AvgIpc) is 2.78. The first kappa shape index (κ1) is 26.2. The average molecular weight is 517 g/mol. The van der Waals surface area contributed by atoms with E-state index in [0.717, 1.165) is 11.1 Å². The van der Waals surface area contributed by atoms with E-state index in [9.17, 15) is 9.59 Å². The summed E-state index contributed by atoms with van der Waals surface area (Å²) in [6.45, 7) is 5.41. The van der Waals surface area contributed by atoms with Gasteiger partial charge in [0.2, 0.25) is 5.28 Å². The molecule has 2 N–H and O–H groups in total. The van der Waals surface area contributed by atoms with Crippen molar-refractivity contribution in [2.45, 2.75) is 39.2 Å². The Morgan fingerprint density at radius 2 is 1.80 bits per heavy atom. The predicted molar refractivity (Wildman–Crippen MR) is 137 cm³/mol. The van der Waals surface area contributed by atoms with Crippen LogP contribution in [-0.4, -0.2) is 34.7 Å². The van der Waals surface area contributed by atoms with Crippen molar-refractivity contribution >= 4 is 52.5 Å². The second kappa shape index (κ2) is 11.4. The van der Waals surface area contributed by atoms with Gasteiger partial charge >= 0.3 is 12.1 Å². The quantitative estimate of drug-likeness (QED) is 0.274. The molecule has 0 radical (unpaired) electrons. The minimum atomic E-state index is -0.591. The van der Waals surface area contributed by atoms with Gasteiger partial charge in [-0.1, -0.05) is 23.7 Å². The molecule has 0 aliphatic rings. The number of amides is 1. The van der Waals surface area contributed by atoms with Crippen LogP contribution in [0.15, 0.2) is 48.7 Å². The van der Waals surface area contributed by atoms with Gasteiger partial charge < -0.3 is 14.8 Å². The maximum absolute atomic E-state index is 12.3. The number of nitrogens with one attached hydrogen (secondary N) is 2. The van der Waals surface area contributed by atoms with Crippen LogP contribution in [0, 0.1) is 0 Å². The van der Waals surface area contributed by atoms with Gasteiger partial charge in [-0.15, -0.1) is 0 Å². The molecular formula is C25H26Cl2N4O4. The Labute approximate surface area is 214 Å². The third-order valence-corrected chi connectivity index (χ3v) is 5.20. The molecule has 0 bridgehead atoms. The van der Waals surface area contributed by atoms with E-state index < -0.39 is 17.7 Å². The van der Waals surface area contributed by atoms with Crippen molar-refractivity contribution in [3.05, 3.63) is 75.7 Å². The minimum Gasteiger partial charge on any atom is -0.465 e.